The number of carbonyl (C=O) groups is 1. The summed E-state index contributed by atoms with van der Waals surface area (Å²) in [5.74, 6) is -1.34. The van der Waals surface area contributed by atoms with Crippen molar-refractivity contribution in [2.75, 3.05) is 19.7 Å². The van der Waals surface area contributed by atoms with E-state index in [4.69, 9.17) is 16.3 Å². The summed E-state index contributed by atoms with van der Waals surface area (Å²) >= 11 is 9.18. The zero-order valence-electron chi connectivity index (χ0n) is 15.5. The van der Waals surface area contributed by atoms with Crippen LogP contribution in [0.25, 0.3) is 22.4 Å². The first kappa shape index (κ1) is 20.3. The molecular formula is C20H17BrClF2N3O2. The SMILES string of the molecule is CC(=O)N1CCO[C@@H](Cn2c(-c3c(F)cc(Br)cc3F)nc3cc(Cl)ccc32)C1. The van der Waals surface area contributed by atoms with Gasteiger partial charge in [-0.2, -0.15) is 0 Å². The van der Waals surface area contributed by atoms with Crippen LogP contribution in [0.1, 0.15) is 6.92 Å². The van der Waals surface area contributed by atoms with Crippen LogP contribution in [0.15, 0.2) is 34.8 Å². The molecule has 152 valence electrons. The molecule has 1 saturated heterocycles. The maximum Gasteiger partial charge on any atom is 0.219 e. The average Bonchev–Trinajstić information content (AvgIpc) is 2.98. The molecule has 1 amide bonds. The molecule has 29 heavy (non-hydrogen) atoms. The normalized spacial score (nSPS) is 17.1. The highest BCUT2D eigenvalue weighted by Crippen LogP contribution is 2.32. The third-order valence-corrected chi connectivity index (χ3v) is 5.60. The van der Waals surface area contributed by atoms with Crippen LogP contribution in [0.4, 0.5) is 8.78 Å². The average molecular weight is 485 g/mol. The van der Waals surface area contributed by atoms with Gasteiger partial charge < -0.3 is 14.2 Å². The van der Waals surface area contributed by atoms with E-state index in [0.717, 1.165) is 0 Å². The van der Waals surface area contributed by atoms with Gasteiger partial charge in [0.2, 0.25) is 5.91 Å². The van der Waals surface area contributed by atoms with Crippen LogP contribution < -0.4 is 0 Å². The molecule has 0 aliphatic carbocycles. The molecule has 0 radical (unpaired) electrons. The number of morpholine rings is 1. The second kappa shape index (κ2) is 8.01. The smallest absolute Gasteiger partial charge is 0.219 e. The van der Waals surface area contributed by atoms with Crippen molar-refractivity contribution in [2.45, 2.75) is 19.6 Å². The maximum atomic E-state index is 14.7. The lowest BCUT2D eigenvalue weighted by Gasteiger charge is -2.32. The van der Waals surface area contributed by atoms with Crippen molar-refractivity contribution in [1.29, 1.82) is 0 Å². The number of aromatic nitrogens is 2. The molecule has 0 N–H and O–H groups in total. The van der Waals surface area contributed by atoms with E-state index in [1.165, 1.54) is 19.1 Å². The van der Waals surface area contributed by atoms with E-state index in [-0.39, 0.29) is 29.9 Å². The van der Waals surface area contributed by atoms with Gasteiger partial charge in [-0.15, -0.1) is 0 Å². The van der Waals surface area contributed by atoms with Crippen molar-refractivity contribution in [1.82, 2.24) is 14.5 Å². The Morgan fingerprint density at radius 1 is 1.31 bits per heavy atom. The molecular weight excluding hydrogens is 468 g/mol. The summed E-state index contributed by atoms with van der Waals surface area (Å²) in [6.45, 7) is 3.11. The summed E-state index contributed by atoms with van der Waals surface area (Å²) in [5, 5.41) is 0.474. The molecule has 1 aliphatic rings. The van der Waals surface area contributed by atoms with E-state index < -0.39 is 11.6 Å². The van der Waals surface area contributed by atoms with Crippen molar-refractivity contribution in [2.24, 2.45) is 0 Å². The minimum atomic E-state index is -0.727. The molecule has 0 saturated carbocycles. The molecule has 0 unspecified atom stereocenters. The first-order valence-electron chi connectivity index (χ1n) is 9.01. The molecule has 5 nitrogen and oxygen atoms in total. The number of amides is 1. The summed E-state index contributed by atoms with van der Waals surface area (Å²) in [6, 6.07) is 7.50. The molecule has 0 bridgehead atoms. The first-order chi connectivity index (χ1) is 13.8. The Kier molecular flexibility index (Phi) is 5.59. The van der Waals surface area contributed by atoms with Gasteiger partial charge in [-0.25, -0.2) is 13.8 Å². The highest BCUT2D eigenvalue weighted by Gasteiger charge is 2.26. The predicted molar refractivity (Wildman–Crippen MR) is 110 cm³/mol. The van der Waals surface area contributed by atoms with Gasteiger partial charge in [0, 0.05) is 29.5 Å². The molecule has 4 rings (SSSR count). The number of imidazole rings is 1. The first-order valence-corrected chi connectivity index (χ1v) is 10.2. The summed E-state index contributed by atoms with van der Waals surface area (Å²) in [7, 11) is 0. The van der Waals surface area contributed by atoms with Gasteiger partial charge in [0.25, 0.3) is 0 Å². The number of nitrogens with zero attached hydrogens (tertiary/aromatic N) is 3. The zero-order valence-corrected chi connectivity index (χ0v) is 17.8. The van der Waals surface area contributed by atoms with Gasteiger partial charge in [-0.1, -0.05) is 27.5 Å². The second-order valence-corrected chi connectivity index (χ2v) is 8.23. The fourth-order valence-corrected chi connectivity index (χ4v) is 4.12. The molecule has 1 aromatic heterocycles. The van der Waals surface area contributed by atoms with E-state index in [1.54, 1.807) is 27.7 Å². The van der Waals surface area contributed by atoms with E-state index >= 15 is 0 Å². The van der Waals surface area contributed by atoms with Crippen LogP contribution in [-0.4, -0.2) is 46.2 Å². The number of hydrogen-bond acceptors (Lipinski definition) is 3. The largest absolute Gasteiger partial charge is 0.373 e. The number of rotatable bonds is 3. The van der Waals surface area contributed by atoms with Crippen molar-refractivity contribution in [3.63, 3.8) is 0 Å². The number of benzene rings is 2. The molecule has 1 atom stereocenters. The molecule has 3 aromatic rings. The quantitative estimate of drug-likeness (QED) is 0.544. The number of fused-ring (bicyclic) bond motifs is 1. The van der Waals surface area contributed by atoms with Gasteiger partial charge in [-0.3, -0.25) is 4.79 Å². The number of hydrogen-bond donors (Lipinski definition) is 0. The molecule has 2 heterocycles. The maximum absolute atomic E-state index is 14.7. The van der Waals surface area contributed by atoms with E-state index in [0.29, 0.717) is 40.2 Å². The van der Waals surface area contributed by atoms with Gasteiger partial charge >= 0.3 is 0 Å². The Morgan fingerprint density at radius 2 is 2.03 bits per heavy atom. The molecule has 2 aromatic carbocycles. The Hall–Kier alpha value is -2.03. The number of carbonyl (C=O) groups excluding carboxylic acids is 1. The van der Waals surface area contributed by atoms with Crippen LogP contribution in [0, 0.1) is 11.6 Å². The van der Waals surface area contributed by atoms with Gasteiger partial charge in [-0.05, 0) is 30.3 Å². The monoisotopic (exact) mass is 483 g/mol. The molecule has 9 heteroatoms. The standard InChI is InChI=1S/C20H17BrClF2N3O2/c1-11(28)26-4-5-29-14(9-26)10-27-18-3-2-13(22)8-17(18)25-20(27)19-15(23)6-12(21)7-16(19)24/h2-3,6-8,14H,4-5,9-10H2,1H3/t14-/m1/s1. The topological polar surface area (TPSA) is 47.4 Å². The minimum Gasteiger partial charge on any atom is -0.373 e. The highest BCUT2D eigenvalue weighted by atomic mass is 79.9. The van der Waals surface area contributed by atoms with Gasteiger partial charge in [0.15, 0.2) is 0 Å². The Labute approximate surface area is 179 Å². The summed E-state index contributed by atoms with van der Waals surface area (Å²) in [5.41, 5.74) is 0.975. The zero-order chi connectivity index (χ0) is 20.7. The van der Waals surface area contributed by atoms with Gasteiger partial charge in [0.05, 0.1) is 35.9 Å². The van der Waals surface area contributed by atoms with Crippen LogP contribution >= 0.6 is 27.5 Å². The molecule has 0 spiro atoms. The summed E-state index contributed by atoms with van der Waals surface area (Å²) in [4.78, 5) is 17.9. The van der Waals surface area contributed by atoms with E-state index in [2.05, 4.69) is 20.9 Å². The fraction of sp³-hybridized carbons (Fsp3) is 0.300. The molecule has 1 aliphatic heterocycles. The van der Waals surface area contributed by atoms with Crippen LogP contribution in [0.5, 0.6) is 0 Å². The lowest BCUT2D eigenvalue weighted by molar-refractivity contribution is -0.136. The van der Waals surface area contributed by atoms with Crippen molar-refractivity contribution in [3.8, 4) is 11.4 Å². The van der Waals surface area contributed by atoms with Crippen molar-refractivity contribution < 1.29 is 18.3 Å². The van der Waals surface area contributed by atoms with Crippen molar-refractivity contribution >= 4 is 44.5 Å². The van der Waals surface area contributed by atoms with Gasteiger partial charge in [0.1, 0.15) is 17.5 Å². The lowest BCUT2D eigenvalue weighted by atomic mass is 10.1. The third kappa shape index (κ3) is 4.01. The highest BCUT2D eigenvalue weighted by molar-refractivity contribution is 9.10. The number of ether oxygens (including phenoxy) is 1. The van der Waals surface area contributed by atoms with Crippen molar-refractivity contribution in [3.05, 3.63) is 51.5 Å². The second-order valence-electron chi connectivity index (χ2n) is 6.88. The third-order valence-electron chi connectivity index (χ3n) is 4.91. The molecule has 1 fully saturated rings. The summed E-state index contributed by atoms with van der Waals surface area (Å²) in [6.07, 6.45) is -0.332. The number of halogens is 4. The van der Waals surface area contributed by atoms with E-state index in [1.807, 2.05) is 0 Å². The minimum absolute atomic E-state index is 0.0363. The van der Waals surface area contributed by atoms with Crippen LogP contribution in [0.2, 0.25) is 5.02 Å². The fourth-order valence-electron chi connectivity index (χ4n) is 3.55. The summed E-state index contributed by atoms with van der Waals surface area (Å²) < 4.78 is 37.2. The van der Waals surface area contributed by atoms with Crippen LogP contribution in [0.3, 0.4) is 0 Å². The van der Waals surface area contributed by atoms with E-state index in [9.17, 15) is 13.6 Å². The predicted octanol–water partition coefficient (Wildman–Crippen LogP) is 4.64. The Balaban J connectivity index is 1.82. The Bertz CT molecular complexity index is 1080. The Morgan fingerprint density at radius 3 is 2.72 bits per heavy atom. The van der Waals surface area contributed by atoms with Crippen LogP contribution in [-0.2, 0) is 16.1 Å². The lowest BCUT2D eigenvalue weighted by Crippen LogP contribution is -2.46.